The van der Waals surface area contributed by atoms with Crippen LogP contribution in [0.4, 0.5) is 0 Å². The molecule has 3 unspecified atom stereocenters. The molecular weight excluding hydrogens is 258 g/mol. The quantitative estimate of drug-likeness (QED) is 0.915. The van der Waals surface area contributed by atoms with Crippen molar-refractivity contribution in [3.63, 3.8) is 0 Å². The normalized spacial score (nSPS) is 29.9. The molecule has 1 N–H and O–H groups in total. The van der Waals surface area contributed by atoms with Crippen LogP contribution in [0.3, 0.4) is 0 Å². The minimum atomic E-state index is -0.133. The molecule has 1 aliphatic carbocycles. The van der Waals surface area contributed by atoms with Gasteiger partial charge in [-0.05, 0) is 30.9 Å². The SMILES string of the molecule is OC1CCC2CN(Cc3nc(-c4ccco4)no3)CC12. The van der Waals surface area contributed by atoms with E-state index < -0.39 is 0 Å². The number of nitrogens with zero attached hydrogens (tertiary/aromatic N) is 3. The number of fused-ring (bicyclic) bond motifs is 1. The summed E-state index contributed by atoms with van der Waals surface area (Å²) in [6, 6.07) is 3.61. The molecule has 6 nitrogen and oxygen atoms in total. The van der Waals surface area contributed by atoms with Gasteiger partial charge in [0.15, 0.2) is 5.76 Å². The van der Waals surface area contributed by atoms with Crippen LogP contribution in [0.2, 0.25) is 0 Å². The van der Waals surface area contributed by atoms with Gasteiger partial charge in [-0.15, -0.1) is 0 Å². The van der Waals surface area contributed by atoms with Crippen LogP contribution in [-0.2, 0) is 6.54 Å². The number of furan rings is 1. The Balaban J connectivity index is 1.43. The highest BCUT2D eigenvalue weighted by molar-refractivity contribution is 5.44. The highest BCUT2D eigenvalue weighted by Gasteiger charge is 2.42. The fourth-order valence-electron chi connectivity index (χ4n) is 3.47. The van der Waals surface area contributed by atoms with Crippen molar-refractivity contribution in [2.45, 2.75) is 25.5 Å². The van der Waals surface area contributed by atoms with Crippen molar-refractivity contribution in [1.82, 2.24) is 15.0 Å². The summed E-state index contributed by atoms with van der Waals surface area (Å²) in [6.45, 7) is 2.58. The Morgan fingerprint density at radius 1 is 1.35 bits per heavy atom. The van der Waals surface area contributed by atoms with E-state index in [4.69, 9.17) is 8.94 Å². The summed E-state index contributed by atoms with van der Waals surface area (Å²) in [6.07, 6.45) is 3.54. The molecule has 1 saturated carbocycles. The molecule has 1 aliphatic heterocycles. The Kier molecular flexibility index (Phi) is 2.85. The van der Waals surface area contributed by atoms with Crippen LogP contribution >= 0.6 is 0 Å². The largest absolute Gasteiger partial charge is 0.461 e. The third-order valence-corrected chi connectivity index (χ3v) is 4.46. The van der Waals surface area contributed by atoms with Crippen LogP contribution in [0.15, 0.2) is 27.3 Å². The van der Waals surface area contributed by atoms with Gasteiger partial charge in [0.05, 0.1) is 18.9 Å². The van der Waals surface area contributed by atoms with E-state index in [0.29, 0.717) is 35.9 Å². The number of hydrogen-bond acceptors (Lipinski definition) is 6. The van der Waals surface area contributed by atoms with Gasteiger partial charge in [0.25, 0.3) is 0 Å². The van der Waals surface area contributed by atoms with Crippen LogP contribution in [0.25, 0.3) is 11.6 Å². The first kappa shape index (κ1) is 12.1. The van der Waals surface area contributed by atoms with Crippen LogP contribution in [0, 0.1) is 11.8 Å². The van der Waals surface area contributed by atoms with Crippen molar-refractivity contribution in [3.8, 4) is 11.6 Å². The van der Waals surface area contributed by atoms with E-state index in [2.05, 4.69) is 15.0 Å². The predicted molar refractivity (Wildman–Crippen MR) is 69.5 cm³/mol. The maximum absolute atomic E-state index is 9.92. The smallest absolute Gasteiger partial charge is 0.241 e. The van der Waals surface area contributed by atoms with E-state index in [9.17, 15) is 5.11 Å². The van der Waals surface area contributed by atoms with Gasteiger partial charge < -0.3 is 14.0 Å². The molecule has 2 aliphatic rings. The third-order valence-electron chi connectivity index (χ3n) is 4.46. The van der Waals surface area contributed by atoms with Crippen molar-refractivity contribution in [2.75, 3.05) is 13.1 Å². The summed E-state index contributed by atoms with van der Waals surface area (Å²) < 4.78 is 10.5. The Morgan fingerprint density at radius 3 is 3.10 bits per heavy atom. The summed E-state index contributed by atoms with van der Waals surface area (Å²) in [7, 11) is 0. The van der Waals surface area contributed by atoms with Crippen molar-refractivity contribution in [1.29, 1.82) is 0 Å². The number of hydrogen-bond donors (Lipinski definition) is 1. The van der Waals surface area contributed by atoms with Crippen LogP contribution in [-0.4, -0.2) is 39.3 Å². The van der Waals surface area contributed by atoms with E-state index in [1.54, 1.807) is 12.3 Å². The predicted octanol–water partition coefficient (Wildman–Crippen LogP) is 1.53. The number of aliphatic hydroxyl groups is 1. The minimum absolute atomic E-state index is 0.133. The van der Waals surface area contributed by atoms with Gasteiger partial charge in [0.1, 0.15) is 0 Å². The van der Waals surface area contributed by atoms with E-state index in [1.165, 1.54) is 0 Å². The van der Waals surface area contributed by atoms with Crippen molar-refractivity contribution in [3.05, 3.63) is 24.3 Å². The Hall–Kier alpha value is -1.66. The van der Waals surface area contributed by atoms with Crippen molar-refractivity contribution in [2.24, 2.45) is 11.8 Å². The molecule has 0 aromatic carbocycles. The lowest BCUT2D eigenvalue weighted by molar-refractivity contribution is 0.122. The lowest BCUT2D eigenvalue weighted by Crippen LogP contribution is -2.24. The van der Waals surface area contributed by atoms with E-state index in [-0.39, 0.29) is 6.10 Å². The monoisotopic (exact) mass is 275 g/mol. The first-order chi connectivity index (χ1) is 9.79. The second-order valence-corrected chi connectivity index (χ2v) is 5.75. The molecule has 106 valence electrons. The Morgan fingerprint density at radius 2 is 2.30 bits per heavy atom. The molecule has 4 rings (SSSR count). The van der Waals surface area contributed by atoms with Gasteiger partial charge in [-0.2, -0.15) is 4.98 Å². The highest BCUT2D eigenvalue weighted by Crippen LogP contribution is 2.38. The summed E-state index contributed by atoms with van der Waals surface area (Å²) in [5, 5.41) is 13.9. The van der Waals surface area contributed by atoms with Gasteiger partial charge >= 0.3 is 0 Å². The van der Waals surface area contributed by atoms with Crippen molar-refractivity contribution < 1.29 is 14.0 Å². The first-order valence-electron chi connectivity index (χ1n) is 7.06. The maximum Gasteiger partial charge on any atom is 0.241 e. The average Bonchev–Trinajstić information content (AvgIpc) is 3.17. The fourth-order valence-corrected chi connectivity index (χ4v) is 3.47. The topological polar surface area (TPSA) is 75.5 Å². The standard InChI is InChI=1S/C14H17N3O3/c18-11-4-3-9-6-17(7-10(9)11)8-13-15-14(16-20-13)12-2-1-5-19-12/h1-2,5,9-11,18H,3-4,6-8H2. The Bertz CT molecular complexity index is 580. The molecule has 1 saturated heterocycles. The molecule has 2 aromatic heterocycles. The molecule has 0 bridgehead atoms. The van der Waals surface area contributed by atoms with Gasteiger partial charge in [-0.25, -0.2) is 0 Å². The van der Waals surface area contributed by atoms with Crippen LogP contribution in [0.5, 0.6) is 0 Å². The summed E-state index contributed by atoms with van der Waals surface area (Å²) >= 11 is 0. The third kappa shape index (κ3) is 2.05. The number of likely N-dealkylation sites (tertiary alicyclic amines) is 1. The lowest BCUT2D eigenvalue weighted by Gasteiger charge is -2.15. The fraction of sp³-hybridized carbons (Fsp3) is 0.571. The van der Waals surface area contributed by atoms with Gasteiger partial charge in [-0.3, -0.25) is 4.90 Å². The lowest BCUT2D eigenvalue weighted by atomic mass is 10.00. The van der Waals surface area contributed by atoms with Crippen molar-refractivity contribution >= 4 is 0 Å². The molecular formula is C14H17N3O3. The van der Waals surface area contributed by atoms with Gasteiger partial charge in [0, 0.05) is 19.0 Å². The zero-order valence-electron chi connectivity index (χ0n) is 11.1. The average molecular weight is 275 g/mol. The highest BCUT2D eigenvalue weighted by atomic mass is 16.5. The number of aliphatic hydroxyl groups excluding tert-OH is 1. The molecule has 0 spiro atoms. The van der Waals surface area contributed by atoms with E-state index >= 15 is 0 Å². The minimum Gasteiger partial charge on any atom is -0.461 e. The summed E-state index contributed by atoms with van der Waals surface area (Å²) in [5.74, 6) is 2.75. The maximum atomic E-state index is 9.92. The number of aromatic nitrogens is 2. The molecule has 0 amide bonds. The molecule has 6 heteroatoms. The summed E-state index contributed by atoms with van der Waals surface area (Å²) in [4.78, 5) is 6.64. The van der Waals surface area contributed by atoms with Gasteiger partial charge in [-0.1, -0.05) is 5.16 Å². The van der Waals surface area contributed by atoms with Crippen LogP contribution < -0.4 is 0 Å². The summed E-state index contributed by atoms with van der Waals surface area (Å²) in [5.41, 5.74) is 0. The molecule has 20 heavy (non-hydrogen) atoms. The zero-order chi connectivity index (χ0) is 13.5. The molecule has 3 heterocycles. The van der Waals surface area contributed by atoms with E-state index in [1.807, 2.05) is 6.07 Å². The second kappa shape index (κ2) is 4.71. The first-order valence-corrected chi connectivity index (χ1v) is 7.06. The van der Waals surface area contributed by atoms with Crippen LogP contribution in [0.1, 0.15) is 18.7 Å². The zero-order valence-corrected chi connectivity index (χ0v) is 11.1. The Labute approximate surface area is 116 Å². The molecule has 2 aromatic rings. The number of rotatable bonds is 3. The molecule has 3 atom stereocenters. The van der Waals surface area contributed by atoms with E-state index in [0.717, 1.165) is 25.9 Å². The molecule has 0 radical (unpaired) electrons. The molecule has 2 fully saturated rings. The second-order valence-electron chi connectivity index (χ2n) is 5.75. The van der Waals surface area contributed by atoms with Gasteiger partial charge in [0.2, 0.25) is 11.7 Å².